The van der Waals surface area contributed by atoms with Gasteiger partial charge in [-0.1, -0.05) is 71.2 Å². The molecule has 0 bridgehead atoms. The lowest BCUT2D eigenvalue weighted by molar-refractivity contribution is -0.120. The Kier molecular flexibility index (Phi) is 20.0. The average Bonchev–Trinajstić information content (AvgIpc) is 3.41. The van der Waals surface area contributed by atoms with Crippen molar-refractivity contribution >= 4 is 100 Å². The van der Waals surface area contributed by atoms with Crippen LogP contribution in [0.15, 0.2) is 127 Å². The van der Waals surface area contributed by atoms with Crippen LogP contribution in [0.5, 0.6) is 0 Å². The summed E-state index contributed by atoms with van der Waals surface area (Å²) in [5.41, 5.74) is 2.35. The topological polar surface area (TPSA) is 236 Å². The maximum atomic E-state index is 13.3. The first-order chi connectivity index (χ1) is 38.0. The maximum Gasteiger partial charge on any atom is 0.280 e. The normalized spacial score (nSPS) is 22.4. The summed E-state index contributed by atoms with van der Waals surface area (Å²) in [4.78, 5) is 38.0. The van der Waals surface area contributed by atoms with Crippen LogP contribution < -0.4 is 30.1 Å². The first-order valence-electron chi connectivity index (χ1n) is 23.8. The minimum Gasteiger partial charge on any atom is -0.325 e. The van der Waals surface area contributed by atoms with E-state index in [0.29, 0.717) is 16.7 Å². The Hall–Kier alpha value is -6.21. The molecule has 6 aromatic carbocycles. The minimum absolute atomic E-state index is 0.127. The Morgan fingerprint density at radius 1 is 0.407 bits per heavy atom. The smallest absolute Gasteiger partial charge is 0.280 e. The summed E-state index contributed by atoms with van der Waals surface area (Å²) in [6.07, 6.45) is 0.381. The third-order valence-corrected chi connectivity index (χ3v) is 18.6. The molecule has 0 radical (unpaired) electrons. The van der Waals surface area contributed by atoms with Gasteiger partial charge < -0.3 is 16.0 Å². The molecule has 2 unspecified atom stereocenters. The van der Waals surface area contributed by atoms with E-state index in [-0.39, 0.29) is 51.4 Å². The van der Waals surface area contributed by atoms with Crippen LogP contribution >= 0.6 is 34.8 Å². The zero-order valence-electron chi connectivity index (χ0n) is 42.4. The van der Waals surface area contributed by atoms with Gasteiger partial charge in [0.15, 0.2) is 0 Å². The van der Waals surface area contributed by atoms with E-state index in [1.165, 1.54) is 130 Å². The number of hydrogen-bond donors (Lipinski definition) is 6. The van der Waals surface area contributed by atoms with Crippen molar-refractivity contribution in [1.82, 2.24) is 27.1 Å². The van der Waals surface area contributed by atoms with Gasteiger partial charge >= 0.3 is 0 Å². The van der Waals surface area contributed by atoms with Crippen molar-refractivity contribution in [1.29, 1.82) is 0 Å². The number of nitrogens with one attached hydrogen (secondary N) is 6. The summed E-state index contributed by atoms with van der Waals surface area (Å²) < 4.78 is 164. The van der Waals surface area contributed by atoms with Gasteiger partial charge in [0.1, 0.15) is 53.0 Å². The van der Waals surface area contributed by atoms with Crippen molar-refractivity contribution in [3.8, 4) is 0 Å². The lowest BCUT2D eigenvalue weighted by Gasteiger charge is -2.36. The molecule has 3 fully saturated rings. The van der Waals surface area contributed by atoms with Gasteiger partial charge in [-0.15, -0.1) is 0 Å². The summed E-state index contributed by atoms with van der Waals surface area (Å²) >= 11 is 17.1. The second-order valence-electron chi connectivity index (χ2n) is 18.3. The van der Waals surface area contributed by atoms with Crippen molar-refractivity contribution in [3.63, 3.8) is 0 Å². The molecule has 3 aliphatic rings. The highest BCUT2D eigenvalue weighted by molar-refractivity contribution is 7.87. The van der Waals surface area contributed by atoms with Gasteiger partial charge in [0, 0.05) is 56.3 Å². The van der Waals surface area contributed by atoms with E-state index in [9.17, 15) is 66.0 Å². The van der Waals surface area contributed by atoms with Gasteiger partial charge in [0.05, 0.1) is 15.1 Å². The highest BCUT2D eigenvalue weighted by Gasteiger charge is 2.43. The molecule has 81 heavy (non-hydrogen) atoms. The molecular weight excluding hydrogens is 1200 g/mol. The van der Waals surface area contributed by atoms with Crippen LogP contribution in [0.4, 0.5) is 43.4 Å². The van der Waals surface area contributed by atoms with Crippen LogP contribution in [0.25, 0.3) is 0 Å². The van der Waals surface area contributed by atoms with Crippen molar-refractivity contribution in [2.24, 2.45) is 0 Å². The summed E-state index contributed by atoms with van der Waals surface area (Å²) in [6, 6.07) is 21.9. The third kappa shape index (κ3) is 15.7. The fourth-order valence-corrected chi connectivity index (χ4v) is 12.8. The summed E-state index contributed by atoms with van der Waals surface area (Å²) in [5, 5.41) is 7.14. The number of anilines is 3. The van der Waals surface area contributed by atoms with E-state index >= 15 is 0 Å². The molecule has 6 atom stereocenters. The van der Waals surface area contributed by atoms with E-state index in [1.807, 2.05) is 0 Å². The lowest BCUT2D eigenvalue weighted by Crippen LogP contribution is -2.55. The van der Waals surface area contributed by atoms with E-state index < -0.39 is 120 Å². The second-order valence-corrected chi connectivity index (χ2v) is 24.8. The minimum atomic E-state index is -3.93. The summed E-state index contributed by atoms with van der Waals surface area (Å²) in [6.45, 7) is 0. The van der Waals surface area contributed by atoms with Crippen molar-refractivity contribution in [2.45, 2.75) is 55.5 Å². The molecule has 432 valence electrons. The Bertz CT molecular complexity index is 3290. The Labute approximate surface area is 477 Å². The molecule has 0 saturated carbocycles. The first-order valence-corrected chi connectivity index (χ1v) is 29.3. The molecule has 0 spiro atoms. The number of benzene rings is 6. The first kappa shape index (κ1) is 62.4. The molecule has 0 aromatic heterocycles. The van der Waals surface area contributed by atoms with Gasteiger partial charge in [0.25, 0.3) is 30.6 Å². The molecular formula is C51H48Cl3F6N9O9S3. The third-order valence-electron chi connectivity index (χ3n) is 13.0. The zero-order chi connectivity index (χ0) is 59.3. The molecule has 30 heteroatoms. The van der Waals surface area contributed by atoms with Crippen LogP contribution in [0.1, 0.15) is 54.1 Å². The van der Waals surface area contributed by atoms with Crippen LogP contribution in [0, 0.1) is 34.9 Å². The number of carbonyl (C=O) groups is 3. The van der Waals surface area contributed by atoms with Crippen molar-refractivity contribution in [3.05, 3.63) is 194 Å². The number of likely N-dealkylation sites (N-methyl/N-ethyl adjacent to an activating group) is 3. The largest absolute Gasteiger partial charge is 0.325 e. The molecule has 3 heterocycles. The van der Waals surface area contributed by atoms with Crippen LogP contribution in [-0.2, 0) is 45.0 Å². The Balaban J connectivity index is 0.000000175. The standard InChI is InChI=1S/3C17H16ClF2N3O3S/c3*1-23-16(17(24)21-12-6-7-14(20)13(18)8-12)9-15(22-27(23,25)26)10-2-4-11(19)5-3-10/h3*2-8,15-16,22H,9H2,1H3,(H,21,24)/t2*15-,16+;/m10./s1. The summed E-state index contributed by atoms with van der Waals surface area (Å²) in [7, 11) is -7.93. The molecule has 18 nitrogen and oxygen atoms in total. The quantitative estimate of drug-likeness (QED) is 0.0761. The van der Waals surface area contributed by atoms with E-state index in [4.69, 9.17) is 34.8 Å². The van der Waals surface area contributed by atoms with Gasteiger partial charge in [-0.3, -0.25) is 14.4 Å². The molecule has 3 aliphatic heterocycles. The van der Waals surface area contributed by atoms with E-state index in [0.717, 1.165) is 31.1 Å². The number of nitrogens with zero attached hydrogens (tertiary/aromatic N) is 3. The SMILES string of the molecule is CN1C(C(=O)Nc2ccc(F)c(Cl)c2)CC(c2ccc(F)cc2)NS1(=O)=O.CN1[C@@H](C(=O)Nc2ccc(F)c(Cl)c2)C[C@@H](c2ccc(F)cc2)NS1(=O)=O.CN1[C@H](C(=O)Nc2ccc(F)c(Cl)c2)C[C@H](c2ccc(F)cc2)NS1(=O)=O. The molecule has 0 aliphatic carbocycles. The molecule has 3 amide bonds. The number of carbonyl (C=O) groups excluding carboxylic acids is 3. The molecule has 6 aromatic rings. The Morgan fingerprint density at radius 2 is 0.630 bits per heavy atom. The number of rotatable bonds is 9. The van der Waals surface area contributed by atoms with Gasteiger partial charge in [-0.25, -0.2) is 26.3 Å². The lowest BCUT2D eigenvalue weighted by atomic mass is 9.99. The highest BCUT2D eigenvalue weighted by Crippen LogP contribution is 2.33. The van der Waals surface area contributed by atoms with E-state index in [1.54, 1.807) is 0 Å². The predicted octanol–water partition coefficient (Wildman–Crippen LogP) is 8.51. The van der Waals surface area contributed by atoms with Crippen LogP contribution in [0.3, 0.4) is 0 Å². The van der Waals surface area contributed by atoms with Gasteiger partial charge in [-0.05, 0) is 127 Å². The van der Waals surface area contributed by atoms with Crippen LogP contribution in [-0.4, -0.2) is 95.2 Å². The average molecular weight is 1250 g/mol. The number of halogens is 9. The van der Waals surface area contributed by atoms with Crippen molar-refractivity contribution in [2.75, 3.05) is 37.1 Å². The Morgan fingerprint density at radius 3 is 0.840 bits per heavy atom. The number of hydrogen-bond acceptors (Lipinski definition) is 9. The molecule has 3 saturated heterocycles. The summed E-state index contributed by atoms with van der Waals surface area (Å²) in [5.74, 6) is -4.99. The van der Waals surface area contributed by atoms with Gasteiger partial charge in [0.2, 0.25) is 17.7 Å². The monoisotopic (exact) mass is 1250 g/mol. The van der Waals surface area contributed by atoms with E-state index in [2.05, 4.69) is 30.1 Å². The van der Waals surface area contributed by atoms with Crippen LogP contribution in [0.2, 0.25) is 15.1 Å². The fraction of sp³-hybridized carbons (Fsp3) is 0.235. The van der Waals surface area contributed by atoms with Gasteiger partial charge in [-0.2, -0.15) is 52.3 Å². The molecule has 6 N–H and O–H groups in total. The molecule has 9 rings (SSSR count). The zero-order valence-corrected chi connectivity index (χ0v) is 47.1. The van der Waals surface area contributed by atoms with Crippen molar-refractivity contribution < 1.29 is 66.0 Å². The number of amides is 3. The predicted molar refractivity (Wildman–Crippen MR) is 292 cm³/mol. The second kappa shape index (κ2) is 25.9. The maximum absolute atomic E-state index is 13.3. The fourth-order valence-electron chi connectivity index (χ4n) is 8.46. The highest BCUT2D eigenvalue weighted by atomic mass is 35.5.